The van der Waals surface area contributed by atoms with Crippen LogP contribution in [0.1, 0.15) is 0 Å². The number of thiophene rings is 1. The fourth-order valence-corrected chi connectivity index (χ4v) is 10.8. The van der Waals surface area contributed by atoms with Gasteiger partial charge < -0.3 is 9.13 Å². The summed E-state index contributed by atoms with van der Waals surface area (Å²) in [6.45, 7) is 0. The van der Waals surface area contributed by atoms with Gasteiger partial charge in [0.2, 0.25) is 0 Å². The first-order valence-corrected chi connectivity index (χ1v) is 20.9. The van der Waals surface area contributed by atoms with Gasteiger partial charge in [-0.2, -0.15) is 0 Å². The van der Waals surface area contributed by atoms with Crippen molar-refractivity contribution in [1.29, 1.82) is 0 Å². The van der Waals surface area contributed by atoms with E-state index in [0.717, 1.165) is 39.3 Å². The Balaban J connectivity index is 1.04. The molecule has 9 aromatic carbocycles. The third-order valence-corrected chi connectivity index (χ3v) is 13.4. The van der Waals surface area contributed by atoms with Crippen LogP contribution in [0.5, 0.6) is 0 Å². The number of fused-ring (bicyclic) bond motifs is 13. The van der Waals surface area contributed by atoms with Gasteiger partial charge in [-0.1, -0.05) is 140 Å². The molecule has 0 saturated heterocycles. The molecule has 0 spiro atoms. The molecule has 0 atom stereocenters. The van der Waals surface area contributed by atoms with E-state index < -0.39 is 0 Å². The van der Waals surface area contributed by atoms with E-state index in [1.165, 1.54) is 79.9 Å². The van der Waals surface area contributed by atoms with E-state index in [1.807, 2.05) is 11.3 Å². The first-order chi connectivity index (χ1) is 29.3. The molecule has 59 heavy (non-hydrogen) atoms. The Kier molecular flexibility index (Phi) is 6.89. The lowest BCUT2D eigenvalue weighted by Gasteiger charge is -2.16. The van der Waals surface area contributed by atoms with Gasteiger partial charge in [-0.3, -0.25) is 0 Å². The molecule has 0 bridgehead atoms. The van der Waals surface area contributed by atoms with Crippen molar-refractivity contribution >= 4 is 96.8 Å². The number of aromatic nitrogens is 3. The van der Waals surface area contributed by atoms with Crippen LogP contribution in [0.25, 0.3) is 119 Å². The number of nitrogens with zero attached hydrogens (tertiary/aromatic N) is 3. The zero-order valence-electron chi connectivity index (χ0n) is 31.8. The molecule has 13 aromatic rings. The van der Waals surface area contributed by atoms with Crippen LogP contribution in [-0.4, -0.2) is 14.1 Å². The van der Waals surface area contributed by atoms with E-state index in [1.54, 1.807) is 0 Å². The first kappa shape index (κ1) is 32.5. The molecule has 0 unspecified atom stereocenters. The molecule has 0 fully saturated rings. The Morgan fingerprint density at radius 1 is 0.322 bits per heavy atom. The summed E-state index contributed by atoms with van der Waals surface area (Å²) in [6.07, 6.45) is 0. The van der Waals surface area contributed by atoms with Gasteiger partial charge in [-0.05, 0) is 71.8 Å². The molecular weight excluding hydrogens is 735 g/mol. The summed E-state index contributed by atoms with van der Waals surface area (Å²) < 4.78 is 7.48. The smallest absolute Gasteiger partial charge is 0.0788 e. The van der Waals surface area contributed by atoms with Crippen molar-refractivity contribution in [2.24, 2.45) is 0 Å². The SMILES string of the molecule is c1ccc2c(c1)nc(-c1ccc(-c3cc(-n4c5ccccc5c5ccccc54)cc(-n4c5ccccc5c5ccccc54)c3)cc1)c1ccc3sc4ccccc4c3c12. The summed E-state index contributed by atoms with van der Waals surface area (Å²) in [5.41, 5.74) is 12.4. The average Bonchev–Trinajstić information content (AvgIpc) is 3.97. The largest absolute Gasteiger partial charge is 0.309 e. The number of pyridine rings is 1. The van der Waals surface area contributed by atoms with Crippen LogP contribution in [0, 0.1) is 0 Å². The van der Waals surface area contributed by atoms with Gasteiger partial charge in [0.15, 0.2) is 0 Å². The zero-order chi connectivity index (χ0) is 38.6. The maximum atomic E-state index is 5.36. The van der Waals surface area contributed by atoms with Gasteiger partial charge in [0.1, 0.15) is 0 Å². The second-order valence-electron chi connectivity index (χ2n) is 15.5. The molecule has 3 nitrogen and oxygen atoms in total. The Labute approximate surface area is 343 Å². The van der Waals surface area contributed by atoms with E-state index in [0.29, 0.717) is 0 Å². The topological polar surface area (TPSA) is 22.8 Å². The highest BCUT2D eigenvalue weighted by Crippen LogP contribution is 2.44. The Morgan fingerprint density at radius 3 is 1.37 bits per heavy atom. The molecule has 13 rings (SSSR count). The Hall–Kier alpha value is -7.53. The van der Waals surface area contributed by atoms with Gasteiger partial charge in [0.25, 0.3) is 0 Å². The highest BCUT2D eigenvalue weighted by Gasteiger charge is 2.19. The summed E-state index contributed by atoms with van der Waals surface area (Å²) in [7, 11) is 0. The van der Waals surface area contributed by atoms with Gasteiger partial charge in [0, 0.05) is 74.8 Å². The van der Waals surface area contributed by atoms with E-state index in [4.69, 9.17) is 4.98 Å². The van der Waals surface area contributed by atoms with Crippen molar-refractivity contribution in [3.8, 4) is 33.8 Å². The minimum absolute atomic E-state index is 1.01. The van der Waals surface area contributed by atoms with Crippen molar-refractivity contribution in [3.05, 3.63) is 200 Å². The number of para-hydroxylation sites is 5. The second-order valence-corrected chi connectivity index (χ2v) is 16.6. The number of hydrogen-bond donors (Lipinski definition) is 0. The van der Waals surface area contributed by atoms with Crippen LogP contribution >= 0.6 is 11.3 Å². The summed E-state index contributed by atoms with van der Waals surface area (Å²) in [4.78, 5) is 5.36. The van der Waals surface area contributed by atoms with Crippen LogP contribution in [0.15, 0.2) is 200 Å². The van der Waals surface area contributed by atoms with Crippen molar-refractivity contribution < 1.29 is 0 Å². The van der Waals surface area contributed by atoms with Gasteiger partial charge in [0.05, 0.1) is 33.3 Å². The molecule has 0 saturated carbocycles. The number of benzene rings is 9. The molecule has 0 radical (unpaired) electrons. The summed E-state index contributed by atoms with van der Waals surface area (Å²) in [5.74, 6) is 0. The standard InChI is InChI=1S/C55H33N3S/c1-7-19-46-43(17-1)53-45(29-30-52-54(53)44-18-6-12-24-51(44)59-52)55(56-46)35-27-25-34(26-28-35)36-31-37(57-47-20-8-2-13-39(47)40-14-3-9-21-48(40)57)33-38(32-36)58-49-22-10-4-15-41(49)42-16-5-11-23-50(42)58/h1-33H. The predicted octanol–water partition coefficient (Wildman–Crippen LogP) is 15.3. The predicted molar refractivity (Wildman–Crippen MR) is 252 cm³/mol. The maximum Gasteiger partial charge on any atom is 0.0788 e. The van der Waals surface area contributed by atoms with Crippen LogP contribution in [0.2, 0.25) is 0 Å². The molecule has 4 aromatic heterocycles. The number of hydrogen-bond acceptors (Lipinski definition) is 2. The zero-order valence-corrected chi connectivity index (χ0v) is 32.6. The minimum atomic E-state index is 1.01. The second kappa shape index (κ2) is 12.5. The molecule has 0 aliphatic carbocycles. The van der Waals surface area contributed by atoms with Crippen LogP contribution in [0.4, 0.5) is 0 Å². The van der Waals surface area contributed by atoms with Crippen molar-refractivity contribution in [2.75, 3.05) is 0 Å². The lowest BCUT2D eigenvalue weighted by molar-refractivity contribution is 1.13. The molecular formula is C55H33N3S. The third-order valence-electron chi connectivity index (χ3n) is 12.3. The lowest BCUT2D eigenvalue weighted by atomic mass is 9.95. The van der Waals surface area contributed by atoms with Crippen LogP contribution < -0.4 is 0 Å². The van der Waals surface area contributed by atoms with E-state index >= 15 is 0 Å². The Morgan fingerprint density at radius 2 is 0.797 bits per heavy atom. The fourth-order valence-electron chi connectivity index (χ4n) is 9.72. The van der Waals surface area contributed by atoms with Crippen molar-refractivity contribution in [2.45, 2.75) is 0 Å². The van der Waals surface area contributed by atoms with Gasteiger partial charge in [-0.15, -0.1) is 11.3 Å². The van der Waals surface area contributed by atoms with Crippen molar-refractivity contribution in [3.63, 3.8) is 0 Å². The fraction of sp³-hybridized carbons (Fsp3) is 0. The molecule has 0 aliphatic heterocycles. The molecule has 0 amide bonds. The normalized spacial score (nSPS) is 12.1. The summed E-state index contributed by atoms with van der Waals surface area (Å²) in [6, 6.07) is 73.1. The first-order valence-electron chi connectivity index (χ1n) is 20.1. The van der Waals surface area contributed by atoms with E-state index in [2.05, 4.69) is 209 Å². The molecule has 4 heteroatoms. The maximum absolute atomic E-state index is 5.36. The average molecular weight is 768 g/mol. The molecule has 274 valence electrons. The van der Waals surface area contributed by atoms with Crippen LogP contribution in [0.3, 0.4) is 0 Å². The van der Waals surface area contributed by atoms with E-state index in [9.17, 15) is 0 Å². The summed E-state index contributed by atoms with van der Waals surface area (Å²) >= 11 is 1.86. The highest BCUT2D eigenvalue weighted by molar-refractivity contribution is 7.26. The highest BCUT2D eigenvalue weighted by atomic mass is 32.1. The monoisotopic (exact) mass is 767 g/mol. The van der Waals surface area contributed by atoms with Crippen LogP contribution in [-0.2, 0) is 0 Å². The van der Waals surface area contributed by atoms with Gasteiger partial charge in [-0.25, -0.2) is 4.98 Å². The van der Waals surface area contributed by atoms with Crippen molar-refractivity contribution in [1.82, 2.24) is 14.1 Å². The molecule has 0 aliphatic rings. The molecule has 0 N–H and O–H groups in total. The lowest BCUT2D eigenvalue weighted by Crippen LogP contribution is -2.00. The van der Waals surface area contributed by atoms with Gasteiger partial charge >= 0.3 is 0 Å². The summed E-state index contributed by atoms with van der Waals surface area (Å²) in [5, 5.41) is 11.3. The Bertz CT molecular complexity index is 3610. The third kappa shape index (κ3) is 4.78. The molecule has 4 heterocycles. The quantitative estimate of drug-likeness (QED) is 0.164. The number of rotatable bonds is 4. The minimum Gasteiger partial charge on any atom is -0.309 e. The van der Waals surface area contributed by atoms with E-state index in [-0.39, 0.29) is 0 Å².